The molecule has 0 unspecified atom stereocenters. The summed E-state index contributed by atoms with van der Waals surface area (Å²) in [5.41, 5.74) is 1.17. The summed E-state index contributed by atoms with van der Waals surface area (Å²) in [5.74, 6) is 0. The first-order valence-electron chi connectivity index (χ1n) is 7.29. The van der Waals surface area contributed by atoms with E-state index in [9.17, 15) is 0 Å². The van der Waals surface area contributed by atoms with Crippen molar-refractivity contribution in [3.8, 4) is 0 Å². The van der Waals surface area contributed by atoms with E-state index in [-0.39, 0.29) is 0 Å². The molecule has 0 nitrogen and oxygen atoms in total. The van der Waals surface area contributed by atoms with Crippen molar-refractivity contribution in [3.05, 3.63) is 24.8 Å². The maximum absolute atomic E-state index is 3.56. The van der Waals surface area contributed by atoms with Crippen molar-refractivity contribution in [2.45, 2.75) is 89.0 Å². The fraction of sp³-hybridized carbons (Fsp3) is 0.765. The first-order valence-corrected chi connectivity index (χ1v) is 7.29. The van der Waals surface area contributed by atoms with Gasteiger partial charge in [0.2, 0.25) is 0 Å². The van der Waals surface area contributed by atoms with Gasteiger partial charge in [-0.05, 0) is 20.3 Å². The molecule has 0 aromatic rings. The fourth-order valence-corrected chi connectivity index (χ4v) is 0. The van der Waals surface area contributed by atoms with Gasteiger partial charge in [0.1, 0.15) is 0 Å². The lowest BCUT2D eigenvalue weighted by atomic mass is 10.4. The number of hydrogen-bond acceptors (Lipinski definition) is 0. The van der Waals surface area contributed by atoms with Gasteiger partial charge in [0, 0.05) is 0 Å². The van der Waals surface area contributed by atoms with Gasteiger partial charge in [0.25, 0.3) is 0 Å². The molecule has 0 aromatic carbocycles. The smallest absolute Gasteiger partial charge is 0.0382 e. The summed E-state index contributed by atoms with van der Waals surface area (Å²) in [5, 5.41) is 0. The van der Waals surface area contributed by atoms with E-state index in [1.54, 1.807) is 0 Å². The van der Waals surface area contributed by atoms with Crippen LogP contribution in [0.4, 0.5) is 0 Å². The van der Waals surface area contributed by atoms with Crippen LogP contribution in [0.3, 0.4) is 0 Å². The SMILES string of the molecule is C=C(C)C.C=CCC.CC.CC.CC.CCC. The zero-order valence-corrected chi connectivity index (χ0v) is 14.9. The lowest BCUT2D eigenvalue weighted by Crippen LogP contribution is -1.43. The van der Waals surface area contributed by atoms with Crippen molar-refractivity contribution in [2.75, 3.05) is 0 Å². The van der Waals surface area contributed by atoms with Crippen molar-refractivity contribution >= 4 is 0 Å². The molecule has 0 atom stereocenters. The predicted molar refractivity (Wildman–Crippen MR) is 91.0 cm³/mol. The van der Waals surface area contributed by atoms with Gasteiger partial charge < -0.3 is 0 Å². The van der Waals surface area contributed by atoms with Crippen LogP contribution in [0.5, 0.6) is 0 Å². The molecule has 0 bridgehead atoms. The summed E-state index contributed by atoms with van der Waals surface area (Å²) in [6.07, 6.45) is 4.21. The number of hydrogen-bond donors (Lipinski definition) is 0. The quantitative estimate of drug-likeness (QED) is 0.417. The van der Waals surface area contributed by atoms with E-state index in [0.29, 0.717) is 0 Å². The maximum atomic E-state index is 3.56. The van der Waals surface area contributed by atoms with Crippen molar-refractivity contribution in [2.24, 2.45) is 0 Å². The molecule has 0 saturated heterocycles. The Morgan fingerprint density at radius 1 is 0.824 bits per heavy atom. The van der Waals surface area contributed by atoms with Crippen LogP contribution in [0, 0.1) is 0 Å². The van der Waals surface area contributed by atoms with E-state index >= 15 is 0 Å². The minimum Gasteiger partial charge on any atom is -0.103 e. The lowest BCUT2D eigenvalue weighted by molar-refractivity contribution is 1.09. The van der Waals surface area contributed by atoms with Gasteiger partial charge in [0.05, 0.1) is 0 Å². The van der Waals surface area contributed by atoms with Gasteiger partial charge in [-0.3, -0.25) is 0 Å². The second-order valence-corrected chi connectivity index (χ2v) is 2.61. The highest BCUT2D eigenvalue weighted by molar-refractivity contribution is 4.78. The third kappa shape index (κ3) is 12200. The Morgan fingerprint density at radius 2 is 0.882 bits per heavy atom. The highest BCUT2D eigenvalue weighted by Crippen LogP contribution is 1.73. The normalized spacial score (nSPS) is 5.12. The standard InChI is InChI=1S/2C4H8.C3H8.3C2H6/c1-4(2)3;1-3-4-2;1-3-2;3*1-2/h1H2,2-3H3;3H,1,4H2,2H3;3H2,1-2H3;3*1-2H3. The molecule has 0 radical (unpaired) electrons. The van der Waals surface area contributed by atoms with Gasteiger partial charge in [0.15, 0.2) is 0 Å². The zero-order chi connectivity index (χ0) is 15.7. The van der Waals surface area contributed by atoms with Gasteiger partial charge >= 0.3 is 0 Å². The molecule has 110 valence electrons. The fourth-order valence-electron chi connectivity index (χ4n) is 0. The summed E-state index contributed by atoms with van der Waals surface area (Å²) in [7, 11) is 0. The second-order valence-electron chi connectivity index (χ2n) is 2.61. The van der Waals surface area contributed by atoms with Crippen LogP contribution < -0.4 is 0 Å². The Bertz CT molecular complexity index is 66.1. The molecule has 0 aliphatic rings. The van der Waals surface area contributed by atoms with Crippen LogP contribution in [0.2, 0.25) is 0 Å². The molecule has 0 aliphatic carbocycles. The van der Waals surface area contributed by atoms with Crippen LogP contribution in [0.15, 0.2) is 24.8 Å². The van der Waals surface area contributed by atoms with Gasteiger partial charge in [-0.25, -0.2) is 0 Å². The molecule has 0 saturated carbocycles. The third-order valence-corrected chi connectivity index (χ3v) is 0.289. The lowest BCUT2D eigenvalue weighted by Gasteiger charge is -1.65. The monoisotopic (exact) mass is 246 g/mol. The largest absolute Gasteiger partial charge is 0.103 e. The highest BCUT2D eigenvalue weighted by Gasteiger charge is 1.51. The Balaban J connectivity index is -0.0000000221. The van der Waals surface area contributed by atoms with E-state index < -0.39 is 0 Å². The van der Waals surface area contributed by atoms with Gasteiger partial charge in [-0.15, -0.1) is 13.2 Å². The third-order valence-electron chi connectivity index (χ3n) is 0.289. The van der Waals surface area contributed by atoms with Crippen molar-refractivity contribution < 1.29 is 0 Å². The number of allylic oxidation sites excluding steroid dienone is 2. The zero-order valence-electron chi connectivity index (χ0n) is 14.9. The van der Waals surface area contributed by atoms with Crippen LogP contribution >= 0.6 is 0 Å². The molecule has 0 heteroatoms. The molecule has 0 aliphatic heterocycles. The van der Waals surface area contributed by atoms with Crippen molar-refractivity contribution in [1.29, 1.82) is 0 Å². The minimum atomic E-state index is 1.08. The summed E-state index contributed by atoms with van der Waals surface area (Å²) in [4.78, 5) is 0. The molecule has 0 N–H and O–H groups in total. The molecule has 0 aromatic heterocycles. The molecular weight excluding hydrogens is 204 g/mol. The Labute approximate surface area is 114 Å². The topological polar surface area (TPSA) is 0 Å². The van der Waals surface area contributed by atoms with Crippen LogP contribution in [-0.4, -0.2) is 0 Å². The van der Waals surface area contributed by atoms with E-state index in [0.717, 1.165) is 6.42 Å². The average Bonchev–Trinajstić information content (AvgIpc) is 2.36. The van der Waals surface area contributed by atoms with Crippen LogP contribution in [0.1, 0.15) is 89.0 Å². The van der Waals surface area contributed by atoms with Crippen molar-refractivity contribution in [1.82, 2.24) is 0 Å². The molecule has 0 amide bonds. The van der Waals surface area contributed by atoms with E-state index in [4.69, 9.17) is 0 Å². The summed E-state index contributed by atoms with van der Waals surface area (Å²) in [6, 6.07) is 0. The van der Waals surface area contributed by atoms with Crippen LogP contribution in [0.25, 0.3) is 0 Å². The average molecular weight is 247 g/mol. The summed E-state index contributed by atoms with van der Waals surface area (Å²) >= 11 is 0. The summed E-state index contributed by atoms with van der Waals surface area (Å²) < 4.78 is 0. The predicted octanol–water partition coefficient (Wildman–Crippen LogP) is 7.66. The Hall–Kier alpha value is -0.520. The summed E-state index contributed by atoms with van der Waals surface area (Å²) in [6.45, 7) is 29.3. The molecule has 0 heterocycles. The highest BCUT2D eigenvalue weighted by atomic mass is 13.6. The Kier molecular flexibility index (Phi) is 229. The minimum absolute atomic E-state index is 1.08. The van der Waals surface area contributed by atoms with E-state index in [1.165, 1.54) is 12.0 Å². The van der Waals surface area contributed by atoms with Gasteiger partial charge in [-0.2, -0.15) is 0 Å². The second kappa shape index (κ2) is 108. The first-order chi connectivity index (χ1) is 8.06. The molecule has 0 spiro atoms. The Morgan fingerprint density at radius 3 is 0.882 bits per heavy atom. The van der Waals surface area contributed by atoms with Crippen molar-refractivity contribution in [3.63, 3.8) is 0 Å². The molecular formula is C17H42. The first kappa shape index (κ1) is 36.0. The van der Waals surface area contributed by atoms with Gasteiger partial charge in [-0.1, -0.05) is 80.4 Å². The van der Waals surface area contributed by atoms with E-state index in [1.807, 2.05) is 61.5 Å². The maximum Gasteiger partial charge on any atom is -0.0382 e. The molecule has 0 fully saturated rings. The molecule has 17 heavy (non-hydrogen) atoms. The van der Waals surface area contributed by atoms with E-state index in [2.05, 4.69) is 33.9 Å². The molecule has 0 rings (SSSR count). The number of rotatable bonds is 1. The van der Waals surface area contributed by atoms with Crippen LogP contribution in [-0.2, 0) is 0 Å².